The molecular weight excluding hydrogens is 387 g/mol. The zero-order valence-corrected chi connectivity index (χ0v) is 15.8. The highest BCUT2D eigenvalue weighted by atomic mass is 35.5. The van der Waals surface area contributed by atoms with E-state index in [9.17, 15) is 14.0 Å². The van der Waals surface area contributed by atoms with Crippen LogP contribution in [0.5, 0.6) is 5.75 Å². The molecule has 0 spiro atoms. The molecule has 6 nitrogen and oxygen atoms in total. The zero-order chi connectivity index (χ0) is 19.9. The molecule has 2 aromatic carbocycles. The molecule has 148 valence electrons. The van der Waals surface area contributed by atoms with E-state index < -0.39 is 11.7 Å². The average Bonchev–Trinajstić information content (AvgIpc) is 3.20. The number of carbonyl (C=O) groups excluding carboxylic acids is 2. The fourth-order valence-electron chi connectivity index (χ4n) is 2.81. The Morgan fingerprint density at radius 2 is 2.07 bits per heavy atom. The largest absolute Gasteiger partial charge is 0.483 e. The van der Waals surface area contributed by atoms with Crippen molar-refractivity contribution >= 4 is 29.1 Å². The van der Waals surface area contributed by atoms with E-state index in [2.05, 4.69) is 10.6 Å². The third kappa shape index (κ3) is 5.43. The predicted octanol–water partition coefficient (Wildman–Crippen LogP) is 3.41. The molecule has 3 rings (SSSR count). The van der Waals surface area contributed by atoms with Gasteiger partial charge in [-0.3, -0.25) is 9.59 Å². The van der Waals surface area contributed by atoms with Crippen molar-refractivity contribution in [3.8, 4) is 5.75 Å². The number of para-hydroxylation sites is 1. The third-order valence-electron chi connectivity index (χ3n) is 4.21. The smallest absolute Gasteiger partial charge is 0.262 e. The Bertz CT molecular complexity index is 856. The van der Waals surface area contributed by atoms with E-state index in [1.165, 1.54) is 12.1 Å². The maximum absolute atomic E-state index is 13.8. The van der Waals surface area contributed by atoms with Crippen molar-refractivity contribution < 1.29 is 23.5 Å². The Kier molecular flexibility index (Phi) is 6.84. The van der Waals surface area contributed by atoms with Crippen LogP contribution in [0.2, 0.25) is 5.02 Å². The lowest BCUT2D eigenvalue weighted by molar-refractivity contribution is -0.118. The van der Waals surface area contributed by atoms with Gasteiger partial charge in [0.15, 0.2) is 6.61 Å². The summed E-state index contributed by atoms with van der Waals surface area (Å²) in [6.45, 7) is 0.755. The topological polar surface area (TPSA) is 76.7 Å². The van der Waals surface area contributed by atoms with E-state index in [1.54, 1.807) is 24.3 Å². The summed E-state index contributed by atoms with van der Waals surface area (Å²) in [5.41, 5.74) is 0.312. The molecule has 0 bridgehead atoms. The number of halogens is 2. The quantitative estimate of drug-likeness (QED) is 0.738. The molecule has 1 saturated heterocycles. The van der Waals surface area contributed by atoms with Crippen molar-refractivity contribution in [2.24, 2.45) is 0 Å². The maximum atomic E-state index is 13.8. The average molecular weight is 407 g/mol. The van der Waals surface area contributed by atoms with E-state index in [0.717, 1.165) is 18.9 Å². The minimum Gasteiger partial charge on any atom is -0.483 e. The van der Waals surface area contributed by atoms with Gasteiger partial charge in [0.2, 0.25) is 0 Å². The fraction of sp³-hybridized carbons (Fsp3) is 0.300. The van der Waals surface area contributed by atoms with Crippen molar-refractivity contribution in [3.05, 3.63) is 58.9 Å². The first-order valence-electron chi connectivity index (χ1n) is 8.89. The van der Waals surface area contributed by atoms with Crippen molar-refractivity contribution in [2.45, 2.75) is 18.9 Å². The molecule has 0 saturated carbocycles. The minimum absolute atomic E-state index is 0.000548. The van der Waals surface area contributed by atoms with E-state index in [-0.39, 0.29) is 35.1 Å². The Balaban J connectivity index is 1.56. The third-order valence-corrected chi connectivity index (χ3v) is 4.45. The molecule has 2 amide bonds. The zero-order valence-electron chi connectivity index (χ0n) is 15.0. The summed E-state index contributed by atoms with van der Waals surface area (Å²) >= 11 is 5.69. The molecule has 1 fully saturated rings. The molecule has 2 N–H and O–H groups in total. The van der Waals surface area contributed by atoms with Gasteiger partial charge in [0.25, 0.3) is 11.8 Å². The van der Waals surface area contributed by atoms with Crippen LogP contribution in [-0.2, 0) is 9.53 Å². The molecule has 1 heterocycles. The lowest BCUT2D eigenvalue weighted by atomic mass is 10.1. The number of rotatable bonds is 7. The predicted molar refractivity (Wildman–Crippen MR) is 103 cm³/mol. The number of hydrogen-bond donors (Lipinski definition) is 2. The van der Waals surface area contributed by atoms with Crippen molar-refractivity contribution in [3.63, 3.8) is 0 Å². The van der Waals surface area contributed by atoms with Crippen LogP contribution in [0.15, 0.2) is 42.5 Å². The molecule has 2 aromatic rings. The van der Waals surface area contributed by atoms with Gasteiger partial charge in [-0.2, -0.15) is 0 Å². The number of anilines is 1. The van der Waals surface area contributed by atoms with Crippen molar-refractivity contribution in [2.75, 3.05) is 25.1 Å². The Morgan fingerprint density at radius 3 is 2.82 bits per heavy atom. The van der Waals surface area contributed by atoms with Gasteiger partial charge in [0, 0.05) is 18.2 Å². The first-order valence-corrected chi connectivity index (χ1v) is 9.27. The Morgan fingerprint density at radius 1 is 1.25 bits per heavy atom. The van der Waals surface area contributed by atoms with Crippen LogP contribution in [0, 0.1) is 5.82 Å². The number of benzene rings is 2. The molecule has 1 aliphatic rings. The monoisotopic (exact) mass is 406 g/mol. The van der Waals surface area contributed by atoms with E-state index in [1.807, 2.05) is 0 Å². The molecule has 0 radical (unpaired) electrons. The summed E-state index contributed by atoms with van der Waals surface area (Å²) in [6, 6.07) is 10.5. The van der Waals surface area contributed by atoms with Gasteiger partial charge in [-0.15, -0.1) is 0 Å². The van der Waals surface area contributed by atoms with E-state index in [0.29, 0.717) is 18.7 Å². The number of ether oxygens (including phenoxy) is 2. The minimum atomic E-state index is -0.644. The highest BCUT2D eigenvalue weighted by Gasteiger charge is 2.18. The van der Waals surface area contributed by atoms with Crippen molar-refractivity contribution in [1.82, 2.24) is 5.32 Å². The maximum Gasteiger partial charge on any atom is 0.262 e. The van der Waals surface area contributed by atoms with Gasteiger partial charge in [0.05, 0.1) is 17.4 Å². The number of hydrogen-bond acceptors (Lipinski definition) is 4. The van der Waals surface area contributed by atoms with Gasteiger partial charge in [-0.25, -0.2) is 4.39 Å². The number of amides is 2. The second kappa shape index (κ2) is 9.52. The highest BCUT2D eigenvalue weighted by molar-refractivity contribution is 6.30. The van der Waals surface area contributed by atoms with Crippen LogP contribution in [0.25, 0.3) is 0 Å². The van der Waals surface area contributed by atoms with Crippen LogP contribution in [0.4, 0.5) is 10.1 Å². The van der Waals surface area contributed by atoms with Crippen LogP contribution in [0.3, 0.4) is 0 Å². The summed E-state index contributed by atoms with van der Waals surface area (Å²) in [5, 5.41) is 5.45. The van der Waals surface area contributed by atoms with Crippen LogP contribution in [-0.4, -0.2) is 37.7 Å². The van der Waals surface area contributed by atoms with Crippen molar-refractivity contribution in [1.29, 1.82) is 0 Å². The van der Waals surface area contributed by atoms with Gasteiger partial charge < -0.3 is 20.1 Å². The van der Waals surface area contributed by atoms with Gasteiger partial charge in [-0.05, 0) is 43.2 Å². The lowest BCUT2D eigenvalue weighted by Gasteiger charge is -2.14. The van der Waals surface area contributed by atoms with Gasteiger partial charge >= 0.3 is 0 Å². The summed E-state index contributed by atoms with van der Waals surface area (Å²) < 4.78 is 24.7. The van der Waals surface area contributed by atoms with Gasteiger partial charge in [-0.1, -0.05) is 23.7 Å². The summed E-state index contributed by atoms with van der Waals surface area (Å²) in [6.07, 6.45) is 1.93. The second-order valence-electron chi connectivity index (χ2n) is 6.30. The molecule has 0 aliphatic carbocycles. The van der Waals surface area contributed by atoms with Gasteiger partial charge in [0.1, 0.15) is 11.6 Å². The molecule has 1 aliphatic heterocycles. The number of carbonyl (C=O) groups is 2. The van der Waals surface area contributed by atoms with Crippen LogP contribution < -0.4 is 15.4 Å². The molecular formula is C20H20ClFN2O4. The second-order valence-corrected chi connectivity index (χ2v) is 6.74. The standard InChI is InChI=1S/C20H20ClFN2O4/c21-13-7-8-17(16(22)10-13)24-19(25)12-28-18-6-2-1-5-15(18)20(26)23-11-14-4-3-9-27-14/h1-2,5-8,10,14H,3-4,9,11-12H2,(H,23,26)(H,24,25)/t14-/m0/s1. The summed E-state index contributed by atoms with van der Waals surface area (Å²) in [7, 11) is 0. The molecule has 28 heavy (non-hydrogen) atoms. The SMILES string of the molecule is O=C(COc1ccccc1C(=O)NC[C@@H]1CCCO1)Nc1ccc(Cl)cc1F. The fourth-order valence-corrected chi connectivity index (χ4v) is 2.97. The molecule has 0 unspecified atom stereocenters. The Labute approximate surface area is 167 Å². The van der Waals surface area contributed by atoms with Crippen LogP contribution in [0.1, 0.15) is 23.2 Å². The van der Waals surface area contributed by atoms with E-state index in [4.69, 9.17) is 21.1 Å². The summed E-state index contributed by atoms with van der Waals surface area (Å²) in [4.78, 5) is 24.5. The van der Waals surface area contributed by atoms with E-state index >= 15 is 0 Å². The molecule has 1 atom stereocenters. The first-order chi connectivity index (χ1) is 13.5. The highest BCUT2D eigenvalue weighted by Crippen LogP contribution is 2.20. The summed E-state index contributed by atoms with van der Waals surface area (Å²) in [5.74, 6) is -1.25. The number of nitrogens with one attached hydrogen (secondary N) is 2. The lowest BCUT2D eigenvalue weighted by Crippen LogP contribution is -2.32. The normalized spacial score (nSPS) is 15.9. The first kappa shape index (κ1) is 20.1. The molecule has 0 aromatic heterocycles. The van der Waals surface area contributed by atoms with Crippen LogP contribution >= 0.6 is 11.6 Å². The molecule has 8 heteroatoms. The Hall–Kier alpha value is -2.64.